The Hall–Kier alpha value is -4.10. The van der Waals surface area contributed by atoms with Gasteiger partial charge in [-0.05, 0) is 52.7 Å². The molecule has 0 saturated carbocycles. The average molecular weight is 596 g/mol. The molecule has 1 unspecified atom stereocenters. The van der Waals surface area contributed by atoms with Crippen molar-refractivity contribution in [2.45, 2.75) is 38.7 Å². The molecule has 39 heavy (non-hydrogen) atoms. The number of hydrogen-bond donors (Lipinski definition) is 2. The number of carbonyl (C=O) groups is 3. The molecule has 1 fully saturated rings. The quantitative estimate of drug-likeness (QED) is 0.256. The number of hydrogen-bond acceptors (Lipinski definition) is 8. The Balaban J connectivity index is 1.43. The molecule has 5 rings (SSSR count). The van der Waals surface area contributed by atoms with Gasteiger partial charge in [0.05, 0.1) is 12.1 Å². The maximum absolute atomic E-state index is 14.5. The third-order valence-electron chi connectivity index (χ3n) is 6.44. The van der Waals surface area contributed by atoms with E-state index in [-0.39, 0.29) is 23.8 Å². The zero-order chi connectivity index (χ0) is 27.8. The molecule has 0 radical (unpaired) electrons. The number of nitrogens with one attached hydrogen (secondary N) is 1. The lowest BCUT2D eigenvalue weighted by Crippen LogP contribution is -2.49. The summed E-state index contributed by atoms with van der Waals surface area (Å²) in [7, 11) is 0. The lowest BCUT2D eigenvalue weighted by molar-refractivity contribution is -0.139. The van der Waals surface area contributed by atoms with E-state index in [1.165, 1.54) is 17.7 Å². The number of anilines is 1. The van der Waals surface area contributed by atoms with Crippen molar-refractivity contribution in [2.24, 2.45) is 0 Å². The lowest BCUT2D eigenvalue weighted by Gasteiger charge is -2.25. The number of carbonyl (C=O) groups excluding carboxylic acids is 3. The van der Waals surface area contributed by atoms with Gasteiger partial charge in [-0.3, -0.25) is 19.1 Å². The molecular formula is C26H23BrFN7O4. The highest BCUT2D eigenvalue weighted by atomic mass is 79.9. The zero-order valence-electron chi connectivity index (χ0n) is 20.9. The minimum absolute atomic E-state index is 0.160. The van der Waals surface area contributed by atoms with Crippen LogP contribution in [-0.4, -0.2) is 77.2 Å². The molecular weight excluding hydrogens is 573 g/mol. The Kier molecular flexibility index (Phi) is 7.19. The molecule has 0 aliphatic carbocycles. The van der Waals surface area contributed by atoms with E-state index < -0.39 is 36.7 Å². The third kappa shape index (κ3) is 5.27. The van der Waals surface area contributed by atoms with E-state index in [0.717, 1.165) is 16.0 Å². The zero-order valence-corrected chi connectivity index (χ0v) is 22.5. The molecule has 3 atom stereocenters. The maximum atomic E-state index is 14.5. The van der Waals surface area contributed by atoms with Gasteiger partial charge in [0.2, 0.25) is 5.91 Å². The van der Waals surface area contributed by atoms with Gasteiger partial charge in [-0.2, -0.15) is 5.10 Å². The van der Waals surface area contributed by atoms with Crippen molar-refractivity contribution in [1.82, 2.24) is 29.6 Å². The van der Waals surface area contributed by atoms with E-state index in [2.05, 4.69) is 41.3 Å². The van der Waals surface area contributed by atoms with E-state index in [9.17, 15) is 23.9 Å². The summed E-state index contributed by atoms with van der Waals surface area (Å²) in [6, 6.07) is 8.64. The molecule has 2 N–H and O–H groups in total. The number of pyridine rings is 1. The number of benzene rings is 1. The lowest BCUT2D eigenvalue weighted by atomic mass is 10.0. The molecule has 1 saturated heterocycles. The van der Waals surface area contributed by atoms with Crippen LogP contribution in [0.4, 0.5) is 10.2 Å². The minimum Gasteiger partial charge on any atom is -0.387 e. The number of aromatic nitrogens is 5. The van der Waals surface area contributed by atoms with Gasteiger partial charge in [0.1, 0.15) is 46.8 Å². The highest BCUT2D eigenvalue weighted by Crippen LogP contribution is 2.28. The van der Waals surface area contributed by atoms with Crippen molar-refractivity contribution in [3.63, 3.8) is 0 Å². The van der Waals surface area contributed by atoms with Crippen molar-refractivity contribution in [3.8, 4) is 11.1 Å². The summed E-state index contributed by atoms with van der Waals surface area (Å²) in [6.45, 7) is 2.30. The van der Waals surface area contributed by atoms with Gasteiger partial charge >= 0.3 is 0 Å². The second-order valence-electron chi connectivity index (χ2n) is 9.15. The predicted molar refractivity (Wildman–Crippen MR) is 142 cm³/mol. The fraction of sp³-hybridized carbons (Fsp3) is 0.269. The van der Waals surface area contributed by atoms with Gasteiger partial charge < -0.3 is 15.3 Å². The summed E-state index contributed by atoms with van der Waals surface area (Å²) < 4.78 is 16.4. The fourth-order valence-corrected chi connectivity index (χ4v) is 4.87. The van der Waals surface area contributed by atoms with Gasteiger partial charge in [-0.1, -0.05) is 12.1 Å². The normalized spacial score (nSPS) is 18.9. The molecule has 1 aliphatic heterocycles. The summed E-state index contributed by atoms with van der Waals surface area (Å²) in [5.74, 6) is -0.927. The number of aliphatic hydroxyl groups excluding tert-OH is 1. The standard InChI is InChI=1S/C26H23BrFN7O4/c1-13(36)23-17-8-15(16-9-29-14(2)30-10-16)6-7-19(17)35(33-23)12-22(37)34-11-18(28)25(38)24(34)26(39)32-21-5-3-4-20(27)31-21/h3-10,18,24-25,38H,11-12H2,1-2H3,(H,31,32,39)/t18-,24-,25?/m0/s1. The topological polar surface area (TPSA) is 143 Å². The number of halogens is 2. The van der Waals surface area contributed by atoms with E-state index in [1.54, 1.807) is 49.6 Å². The maximum Gasteiger partial charge on any atom is 0.251 e. The number of amides is 2. The van der Waals surface area contributed by atoms with Crippen molar-refractivity contribution in [1.29, 1.82) is 0 Å². The summed E-state index contributed by atoms with van der Waals surface area (Å²) in [5.41, 5.74) is 2.17. The van der Waals surface area contributed by atoms with Crippen LogP contribution in [-0.2, 0) is 16.1 Å². The van der Waals surface area contributed by atoms with Crippen LogP contribution in [0.25, 0.3) is 22.0 Å². The number of nitrogens with zero attached hydrogens (tertiary/aromatic N) is 6. The smallest absolute Gasteiger partial charge is 0.251 e. The number of aliphatic hydroxyl groups is 1. The monoisotopic (exact) mass is 595 g/mol. The summed E-state index contributed by atoms with van der Waals surface area (Å²) >= 11 is 3.21. The molecule has 0 bridgehead atoms. The number of likely N-dealkylation sites (tertiary alicyclic amines) is 1. The molecule has 2 amide bonds. The number of Topliss-reactive ketones (excluding diaryl/α,β-unsaturated/α-hetero) is 1. The summed E-state index contributed by atoms with van der Waals surface area (Å²) in [5, 5.41) is 17.8. The fourth-order valence-electron chi connectivity index (χ4n) is 4.52. The Morgan fingerprint density at radius 2 is 1.90 bits per heavy atom. The number of fused-ring (bicyclic) bond motifs is 1. The summed E-state index contributed by atoms with van der Waals surface area (Å²) in [6.07, 6.45) is -0.193. The molecule has 3 aromatic heterocycles. The van der Waals surface area contributed by atoms with Crippen LogP contribution in [0.3, 0.4) is 0 Å². The Bertz CT molecular complexity index is 1590. The van der Waals surface area contributed by atoms with Crippen LogP contribution in [0.2, 0.25) is 0 Å². The molecule has 1 aliphatic rings. The molecule has 4 heterocycles. The Morgan fingerprint density at radius 1 is 1.15 bits per heavy atom. The number of ketones is 1. The Morgan fingerprint density at radius 3 is 2.59 bits per heavy atom. The van der Waals surface area contributed by atoms with Crippen LogP contribution in [0.15, 0.2) is 53.4 Å². The van der Waals surface area contributed by atoms with Crippen molar-refractivity contribution < 1.29 is 23.9 Å². The molecule has 0 spiro atoms. The van der Waals surface area contributed by atoms with Gasteiger partial charge in [-0.25, -0.2) is 19.3 Å². The van der Waals surface area contributed by atoms with Crippen LogP contribution in [0.5, 0.6) is 0 Å². The number of rotatable bonds is 6. The van der Waals surface area contributed by atoms with E-state index >= 15 is 0 Å². The minimum atomic E-state index is -1.82. The van der Waals surface area contributed by atoms with Crippen LogP contribution in [0.1, 0.15) is 23.2 Å². The first-order valence-electron chi connectivity index (χ1n) is 12.0. The van der Waals surface area contributed by atoms with Gasteiger partial charge in [0.15, 0.2) is 5.78 Å². The predicted octanol–water partition coefficient (Wildman–Crippen LogP) is 2.71. The molecule has 1 aromatic carbocycles. The van der Waals surface area contributed by atoms with Crippen molar-refractivity contribution in [2.75, 3.05) is 11.9 Å². The first-order chi connectivity index (χ1) is 18.6. The van der Waals surface area contributed by atoms with E-state index in [4.69, 9.17) is 0 Å². The van der Waals surface area contributed by atoms with Crippen molar-refractivity contribution in [3.05, 3.63) is 64.9 Å². The van der Waals surface area contributed by atoms with Crippen LogP contribution < -0.4 is 5.32 Å². The van der Waals surface area contributed by atoms with Crippen molar-refractivity contribution >= 4 is 50.2 Å². The van der Waals surface area contributed by atoms with Gasteiger partial charge in [-0.15, -0.1) is 0 Å². The first-order valence-corrected chi connectivity index (χ1v) is 12.8. The average Bonchev–Trinajstić information content (AvgIpc) is 3.41. The van der Waals surface area contributed by atoms with E-state index in [0.29, 0.717) is 21.3 Å². The molecule has 13 heteroatoms. The highest BCUT2D eigenvalue weighted by molar-refractivity contribution is 9.10. The molecule has 4 aromatic rings. The second kappa shape index (κ2) is 10.6. The SMILES string of the molecule is CC(=O)c1nn(CC(=O)N2C[C@H](F)C(O)[C@H]2C(=O)Nc2cccc(Br)n2)c2ccc(-c3cnc(C)nc3)cc12. The van der Waals surface area contributed by atoms with Gasteiger partial charge in [0.25, 0.3) is 5.91 Å². The van der Waals surface area contributed by atoms with Gasteiger partial charge in [0, 0.05) is 30.3 Å². The molecule has 11 nitrogen and oxygen atoms in total. The van der Waals surface area contributed by atoms with Crippen LogP contribution >= 0.6 is 15.9 Å². The number of alkyl halides is 1. The Labute approximate surface area is 230 Å². The van der Waals surface area contributed by atoms with E-state index in [1.807, 2.05) is 0 Å². The second-order valence-corrected chi connectivity index (χ2v) is 9.96. The highest BCUT2D eigenvalue weighted by Gasteiger charge is 2.47. The molecule has 200 valence electrons. The largest absolute Gasteiger partial charge is 0.387 e. The number of aryl methyl sites for hydroxylation is 1. The third-order valence-corrected chi connectivity index (χ3v) is 6.88. The first kappa shape index (κ1) is 26.5. The van der Waals surface area contributed by atoms with Crippen LogP contribution in [0, 0.1) is 6.92 Å². The summed E-state index contributed by atoms with van der Waals surface area (Å²) in [4.78, 5) is 52.2.